The summed E-state index contributed by atoms with van der Waals surface area (Å²) in [7, 11) is 11.4. The van der Waals surface area contributed by atoms with Gasteiger partial charge in [-0.15, -0.1) is 0 Å². The van der Waals surface area contributed by atoms with Crippen LogP contribution in [0.1, 0.15) is 22.3 Å². The molecule has 0 saturated carbocycles. The molecule has 13 nitrogen and oxygen atoms in total. The van der Waals surface area contributed by atoms with Gasteiger partial charge >= 0.3 is 0 Å². The highest BCUT2D eigenvalue weighted by atomic mass is 19.1. The molecule has 0 bridgehead atoms. The summed E-state index contributed by atoms with van der Waals surface area (Å²) in [6.07, 6.45) is -0.00694. The van der Waals surface area contributed by atoms with Gasteiger partial charge in [0.05, 0.1) is 41.0 Å². The molecule has 220 valence electrons. The van der Waals surface area contributed by atoms with Gasteiger partial charge in [-0.1, -0.05) is 24.3 Å². The predicted molar refractivity (Wildman–Crippen MR) is 144 cm³/mol. The summed E-state index contributed by atoms with van der Waals surface area (Å²) in [5.41, 5.74) is -2.51. The first-order valence-electron chi connectivity index (χ1n) is 12.8. The van der Waals surface area contributed by atoms with Crippen LogP contribution in [0, 0.1) is 12.7 Å². The Morgan fingerprint density at radius 2 is 1.76 bits per heavy atom. The van der Waals surface area contributed by atoms with Crippen molar-refractivity contribution >= 4 is 39.6 Å². The third kappa shape index (κ3) is 5.08. The lowest BCUT2D eigenvalue weighted by atomic mass is 9.42. The number of carbonyl (C=O) groups excluding carboxylic acids is 3. The molecule has 42 heavy (non-hydrogen) atoms. The SMILES string of the molecule is [B]C1([B])C(O)(O)C(=O)NC(=O)C1(O)N(C=O)Cc1c(C)cccc1NCc1cccc(C(O)(O)N2CCOCC2)c1F. The van der Waals surface area contributed by atoms with Crippen LogP contribution in [0.2, 0.25) is 5.21 Å². The van der Waals surface area contributed by atoms with Gasteiger partial charge in [0, 0.05) is 36.1 Å². The standard InChI is InChI=1S/C26H29B2FN4O9/c1-15-4-2-7-19(17(15)13-33(14-34)23(37)21(35)31-22(36)24(38,39)26(23,27)28)30-12-16-5-3-6-18(20(16)29)25(40,41)32-8-10-42-11-9-32/h2-7,14,30,37-41H,8-13H2,1H3,(H,31,35,36). The van der Waals surface area contributed by atoms with Crippen LogP contribution >= 0.6 is 0 Å². The molecule has 2 aliphatic rings. The van der Waals surface area contributed by atoms with Crippen molar-refractivity contribution in [1.82, 2.24) is 15.1 Å². The summed E-state index contributed by atoms with van der Waals surface area (Å²) < 4.78 is 20.8. The normalized spacial score (nSPS) is 22.4. The summed E-state index contributed by atoms with van der Waals surface area (Å²) in [5, 5.41) is 54.4. The molecule has 2 aliphatic heterocycles. The Balaban J connectivity index is 1.62. The minimum Gasteiger partial charge on any atom is -0.381 e. The van der Waals surface area contributed by atoms with Crippen LogP contribution in [0.25, 0.3) is 0 Å². The van der Waals surface area contributed by atoms with Gasteiger partial charge in [0.2, 0.25) is 17.9 Å². The molecule has 0 aromatic heterocycles. The molecule has 7 N–H and O–H groups in total. The second-order valence-electron chi connectivity index (χ2n) is 10.2. The Morgan fingerprint density at radius 1 is 1.12 bits per heavy atom. The zero-order chi connectivity index (χ0) is 31.1. The molecule has 2 aromatic carbocycles. The van der Waals surface area contributed by atoms with E-state index in [9.17, 15) is 39.9 Å². The lowest BCUT2D eigenvalue weighted by molar-refractivity contribution is -0.288. The summed E-state index contributed by atoms with van der Waals surface area (Å²) in [5.74, 6) is -10.4. The van der Waals surface area contributed by atoms with E-state index in [1.165, 1.54) is 23.1 Å². The van der Waals surface area contributed by atoms with E-state index >= 15 is 4.39 Å². The number of rotatable bonds is 9. The highest BCUT2D eigenvalue weighted by molar-refractivity contribution is 6.46. The van der Waals surface area contributed by atoms with Gasteiger partial charge in [0.25, 0.3) is 17.7 Å². The van der Waals surface area contributed by atoms with Gasteiger partial charge in [-0.05, 0) is 30.2 Å². The monoisotopic (exact) mass is 582 g/mol. The fraction of sp³-hybridized carbons (Fsp3) is 0.423. The van der Waals surface area contributed by atoms with Crippen molar-refractivity contribution in [2.75, 3.05) is 31.6 Å². The van der Waals surface area contributed by atoms with Crippen molar-refractivity contribution in [1.29, 1.82) is 0 Å². The predicted octanol–water partition coefficient (Wildman–Crippen LogP) is -2.39. The number of halogens is 1. The molecule has 2 aromatic rings. The molecule has 2 saturated heterocycles. The van der Waals surface area contributed by atoms with Crippen molar-refractivity contribution in [2.24, 2.45) is 0 Å². The maximum absolute atomic E-state index is 15.5. The number of anilines is 1. The van der Waals surface area contributed by atoms with E-state index in [2.05, 4.69) is 5.32 Å². The number of morpholine rings is 1. The minimum atomic E-state index is -3.65. The van der Waals surface area contributed by atoms with Crippen LogP contribution in [0.5, 0.6) is 0 Å². The van der Waals surface area contributed by atoms with Crippen LogP contribution in [0.3, 0.4) is 0 Å². The van der Waals surface area contributed by atoms with E-state index in [0.717, 1.165) is 0 Å². The highest BCUT2D eigenvalue weighted by Crippen LogP contribution is 2.47. The zero-order valence-corrected chi connectivity index (χ0v) is 22.6. The average molecular weight is 582 g/mol. The maximum Gasteiger partial charge on any atom is 0.285 e. The van der Waals surface area contributed by atoms with Gasteiger partial charge in [-0.2, -0.15) is 0 Å². The van der Waals surface area contributed by atoms with Crippen LogP contribution in [-0.4, -0.2) is 107 Å². The van der Waals surface area contributed by atoms with Crippen LogP contribution in [0.4, 0.5) is 10.1 Å². The molecule has 0 spiro atoms. The molecule has 2 heterocycles. The first kappa shape index (κ1) is 31.6. The van der Waals surface area contributed by atoms with Crippen molar-refractivity contribution in [3.63, 3.8) is 0 Å². The smallest absolute Gasteiger partial charge is 0.285 e. The van der Waals surface area contributed by atoms with E-state index < -0.39 is 46.8 Å². The number of imide groups is 1. The molecule has 16 heteroatoms. The van der Waals surface area contributed by atoms with Gasteiger partial charge in [0.15, 0.2) is 0 Å². The van der Waals surface area contributed by atoms with Crippen molar-refractivity contribution in [3.8, 4) is 0 Å². The number of piperidine rings is 1. The molecule has 3 amide bonds. The second kappa shape index (κ2) is 11.4. The minimum absolute atomic E-state index is 0.00694. The Morgan fingerprint density at radius 3 is 2.40 bits per heavy atom. The third-order valence-corrected chi connectivity index (χ3v) is 7.66. The molecule has 0 aliphatic carbocycles. The van der Waals surface area contributed by atoms with Crippen LogP contribution < -0.4 is 10.6 Å². The summed E-state index contributed by atoms with van der Waals surface area (Å²) in [6.45, 7) is 1.72. The number of amides is 3. The Bertz CT molecular complexity index is 1390. The Kier molecular flexibility index (Phi) is 8.55. The van der Waals surface area contributed by atoms with E-state index in [4.69, 9.17) is 20.4 Å². The van der Waals surface area contributed by atoms with Gasteiger partial charge in [-0.25, -0.2) is 9.29 Å². The quantitative estimate of drug-likeness (QED) is 0.0723. The van der Waals surface area contributed by atoms with Crippen molar-refractivity contribution in [2.45, 2.75) is 42.7 Å². The number of nitrogens with zero attached hydrogens (tertiary/aromatic N) is 2. The second-order valence-corrected chi connectivity index (χ2v) is 10.2. The van der Waals surface area contributed by atoms with Gasteiger partial charge < -0.3 is 40.5 Å². The fourth-order valence-electron chi connectivity index (χ4n) is 4.95. The van der Waals surface area contributed by atoms with E-state index in [-0.39, 0.29) is 55.9 Å². The van der Waals surface area contributed by atoms with Crippen LogP contribution in [-0.2, 0) is 38.1 Å². The summed E-state index contributed by atoms with van der Waals surface area (Å²) in [6, 6.07) is 8.96. The lowest BCUT2D eigenvalue weighted by Gasteiger charge is -2.54. The van der Waals surface area contributed by atoms with Crippen molar-refractivity contribution < 1.29 is 49.0 Å². The molecule has 4 radical (unpaired) electrons. The maximum atomic E-state index is 15.5. The summed E-state index contributed by atoms with van der Waals surface area (Å²) in [4.78, 5) is 38.5. The number of hydrogen-bond donors (Lipinski definition) is 7. The number of nitrogens with one attached hydrogen (secondary N) is 2. The molecule has 1 unspecified atom stereocenters. The average Bonchev–Trinajstić information content (AvgIpc) is 2.95. The van der Waals surface area contributed by atoms with E-state index in [1.54, 1.807) is 30.4 Å². The molecule has 1 atom stereocenters. The topological polar surface area (TPSA) is 192 Å². The molecule has 4 rings (SSSR count). The van der Waals surface area contributed by atoms with Crippen molar-refractivity contribution in [3.05, 3.63) is 64.5 Å². The molecular weight excluding hydrogens is 553 g/mol. The zero-order valence-electron chi connectivity index (χ0n) is 22.6. The largest absolute Gasteiger partial charge is 0.381 e. The number of benzene rings is 2. The lowest BCUT2D eigenvalue weighted by Crippen LogP contribution is -2.79. The molecular formula is C26H29B2FN4O9. The Labute approximate surface area is 242 Å². The summed E-state index contributed by atoms with van der Waals surface area (Å²) >= 11 is 0. The third-order valence-electron chi connectivity index (χ3n) is 7.66. The van der Waals surface area contributed by atoms with E-state index in [0.29, 0.717) is 16.2 Å². The number of aryl methyl sites for hydroxylation is 1. The molecule has 2 fully saturated rings. The fourth-order valence-corrected chi connectivity index (χ4v) is 4.95. The van der Waals surface area contributed by atoms with Gasteiger partial charge in [-0.3, -0.25) is 19.7 Å². The van der Waals surface area contributed by atoms with Gasteiger partial charge in [0.1, 0.15) is 5.82 Å². The number of carbonyl (C=O) groups is 3. The highest BCUT2D eigenvalue weighted by Gasteiger charge is 2.68. The number of hydrogen-bond acceptors (Lipinski definition) is 11. The van der Waals surface area contributed by atoms with Crippen LogP contribution in [0.15, 0.2) is 36.4 Å². The number of aliphatic hydroxyl groups is 5. The first-order valence-corrected chi connectivity index (χ1v) is 12.8. The Hall–Kier alpha value is -3.37. The first-order chi connectivity index (χ1) is 19.6. The number of ether oxygens (including phenoxy) is 1. The van der Waals surface area contributed by atoms with E-state index in [1.807, 2.05) is 0 Å².